The van der Waals surface area contributed by atoms with Crippen molar-refractivity contribution in [3.05, 3.63) is 30.3 Å². The van der Waals surface area contributed by atoms with Crippen molar-refractivity contribution in [2.24, 2.45) is 23.7 Å². The van der Waals surface area contributed by atoms with E-state index in [9.17, 15) is 4.79 Å². The zero-order chi connectivity index (χ0) is 16.8. The van der Waals surface area contributed by atoms with Gasteiger partial charge in [0, 0.05) is 37.9 Å². The predicted octanol–water partition coefficient (Wildman–Crippen LogP) is 3.34. The monoisotopic (exact) mass is 339 g/mol. The fraction of sp³-hybridized carbons (Fsp3) is 0.667. The summed E-state index contributed by atoms with van der Waals surface area (Å²) in [5.74, 6) is 3.46. The van der Waals surface area contributed by atoms with Crippen LogP contribution in [0, 0.1) is 23.7 Å². The Bertz CT molecular complexity index is 607. The molecule has 2 heterocycles. The van der Waals surface area contributed by atoms with Gasteiger partial charge in [0.2, 0.25) is 0 Å². The molecule has 2 aliphatic heterocycles. The van der Waals surface area contributed by atoms with E-state index in [-0.39, 0.29) is 6.03 Å². The van der Waals surface area contributed by atoms with Crippen molar-refractivity contribution in [3.63, 3.8) is 0 Å². The minimum atomic E-state index is 0.201. The number of hydrogen-bond acceptors (Lipinski definition) is 2. The molecular weight excluding hydrogens is 310 g/mol. The molecule has 0 radical (unpaired) electrons. The van der Waals surface area contributed by atoms with Crippen LogP contribution in [-0.2, 0) is 0 Å². The second kappa shape index (κ2) is 6.22. The zero-order valence-electron chi connectivity index (χ0n) is 14.9. The quantitative estimate of drug-likeness (QED) is 0.897. The molecule has 4 nitrogen and oxygen atoms in total. The summed E-state index contributed by atoms with van der Waals surface area (Å²) < 4.78 is 0. The Hall–Kier alpha value is -1.71. The number of amides is 2. The maximum atomic E-state index is 12.7. The molecule has 0 spiro atoms. The Labute approximate surface area is 150 Å². The Morgan fingerprint density at radius 1 is 0.920 bits per heavy atom. The Balaban J connectivity index is 1.13. The van der Waals surface area contributed by atoms with Crippen molar-refractivity contribution in [1.29, 1.82) is 0 Å². The van der Waals surface area contributed by atoms with Crippen LogP contribution in [0.5, 0.6) is 0 Å². The van der Waals surface area contributed by atoms with Crippen LogP contribution in [0.4, 0.5) is 10.5 Å². The molecule has 2 saturated carbocycles. The van der Waals surface area contributed by atoms with Crippen molar-refractivity contribution >= 4 is 11.7 Å². The molecule has 2 bridgehead atoms. The molecule has 1 aromatic carbocycles. The van der Waals surface area contributed by atoms with Crippen LogP contribution in [-0.4, -0.2) is 43.2 Å². The van der Waals surface area contributed by atoms with Gasteiger partial charge in [-0.2, -0.15) is 0 Å². The second-order valence-corrected chi connectivity index (χ2v) is 8.61. The number of hydrogen-bond donors (Lipinski definition) is 1. The Kier molecular flexibility index (Phi) is 3.87. The van der Waals surface area contributed by atoms with Crippen LogP contribution < -0.4 is 10.2 Å². The lowest BCUT2D eigenvalue weighted by atomic mass is 9.82. The molecule has 4 aliphatic rings. The first-order chi connectivity index (χ1) is 12.3. The number of carbonyl (C=O) groups is 1. The molecule has 4 atom stereocenters. The first-order valence-corrected chi connectivity index (χ1v) is 10.1. The lowest BCUT2D eigenvalue weighted by Gasteiger charge is -2.34. The molecule has 2 aliphatic carbocycles. The topological polar surface area (TPSA) is 35.6 Å². The van der Waals surface area contributed by atoms with Gasteiger partial charge in [0.15, 0.2) is 0 Å². The standard InChI is InChI=1S/C21H29N3O/c25-21(24-13-19-15-6-7-16(12-15)20(19)14-24)22-17-8-10-23(11-9-17)18-4-2-1-3-5-18/h1-5,15-17,19-20H,6-14H2,(H,22,25)/t15-,16+,19-,20+. The SMILES string of the molecule is O=C(NC1CCN(c2ccccc2)CC1)N1C[C@@H]2[C@@H]3CC[C@@H](C3)[C@@H]2C1. The summed E-state index contributed by atoms with van der Waals surface area (Å²) in [5, 5.41) is 3.33. The van der Waals surface area contributed by atoms with E-state index in [1.54, 1.807) is 0 Å². The van der Waals surface area contributed by atoms with Gasteiger partial charge in [0.05, 0.1) is 0 Å². The summed E-state index contributed by atoms with van der Waals surface area (Å²) >= 11 is 0. The summed E-state index contributed by atoms with van der Waals surface area (Å²) in [7, 11) is 0. The second-order valence-electron chi connectivity index (χ2n) is 8.61. The van der Waals surface area contributed by atoms with Crippen LogP contribution in [0.1, 0.15) is 32.1 Å². The van der Waals surface area contributed by atoms with E-state index in [1.165, 1.54) is 24.9 Å². The van der Waals surface area contributed by atoms with Crippen LogP contribution in [0.3, 0.4) is 0 Å². The van der Waals surface area contributed by atoms with E-state index in [0.29, 0.717) is 6.04 Å². The number of carbonyl (C=O) groups excluding carboxylic acids is 1. The fourth-order valence-corrected chi connectivity index (χ4v) is 6.03. The summed E-state index contributed by atoms with van der Waals surface area (Å²) in [6.45, 7) is 4.09. The van der Waals surface area contributed by atoms with E-state index in [2.05, 4.69) is 45.4 Å². The zero-order valence-corrected chi connectivity index (χ0v) is 14.9. The van der Waals surface area contributed by atoms with Crippen molar-refractivity contribution in [2.75, 3.05) is 31.1 Å². The molecule has 4 heteroatoms. The number of anilines is 1. The minimum absolute atomic E-state index is 0.201. The Morgan fingerprint density at radius 2 is 1.56 bits per heavy atom. The molecule has 4 fully saturated rings. The number of nitrogens with zero attached hydrogens (tertiary/aromatic N) is 2. The van der Waals surface area contributed by atoms with Crippen molar-refractivity contribution < 1.29 is 4.79 Å². The first-order valence-electron chi connectivity index (χ1n) is 10.1. The fourth-order valence-electron chi connectivity index (χ4n) is 6.03. The predicted molar refractivity (Wildman–Crippen MR) is 99.6 cm³/mol. The van der Waals surface area contributed by atoms with Gasteiger partial charge in [-0.3, -0.25) is 0 Å². The molecule has 0 unspecified atom stereocenters. The average molecular weight is 339 g/mol. The van der Waals surface area contributed by atoms with Crippen LogP contribution in [0.2, 0.25) is 0 Å². The van der Waals surface area contributed by atoms with Gasteiger partial charge in [-0.15, -0.1) is 0 Å². The number of para-hydroxylation sites is 1. The molecule has 1 aromatic rings. The third-order valence-corrected chi connectivity index (χ3v) is 7.37. The molecule has 134 valence electrons. The van der Waals surface area contributed by atoms with Crippen LogP contribution in [0.25, 0.3) is 0 Å². The first kappa shape index (κ1) is 15.5. The minimum Gasteiger partial charge on any atom is -0.371 e. The lowest BCUT2D eigenvalue weighted by molar-refractivity contribution is 0.196. The van der Waals surface area contributed by atoms with E-state index in [0.717, 1.165) is 62.7 Å². The van der Waals surface area contributed by atoms with Gasteiger partial charge >= 0.3 is 6.03 Å². The Morgan fingerprint density at radius 3 is 2.20 bits per heavy atom. The van der Waals surface area contributed by atoms with Crippen LogP contribution in [0.15, 0.2) is 30.3 Å². The molecule has 5 rings (SSSR count). The molecular formula is C21H29N3O. The van der Waals surface area contributed by atoms with Crippen molar-refractivity contribution in [3.8, 4) is 0 Å². The summed E-state index contributed by atoms with van der Waals surface area (Å²) in [6.07, 6.45) is 6.38. The number of likely N-dealkylation sites (tertiary alicyclic amines) is 1. The number of fused-ring (bicyclic) bond motifs is 5. The molecule has 2 saturated heterocycles. The van der Waals surface area contributed by atoms with Gasteiger partial charge in [-0.05, 0) is 67.9 Å². The van der Waals surface area contributed by atoms with Gasteiger partial charge in [-0.25, -0.2) is 4.79 Å². The molecule has 2 amide bonds. The number of piperidine rings is 1. The third kappa shape index (κ3) is 2.80. The van der Waals surface area contributed by atoms with E-state index in [4.69, 9.17) is 0 Å². The highest BCUT2D eigenvalue weighted by atomic mass is 16.2. The van der Waals surface area contributed by atoms with Gasteiger partial charge < -0.3 is 15.1 Å². The summed E-state index contributed by atoms with van der Waals surface area (Å²) in [4.78, 5) is 17.3. The third-order valence-electron chi connectivity index (χ3n) is 7.37. The highest BCUT2D eigenvalue weighted by molar-refractivity contribution is 5.75. The number of rotatable bonds is 2. The van der Waals surface area contributed by atoms with Gasteiger partial charge in [0.25, 0.3) is 0 Å². The van der Waals surface area contributed by atoms with Crippen molar-refractivity contribution in [1.82, 2.24) is 10.2 Å². The number of urea groups is 1. The highest BCUT2D eigenvalue weighted by Crippen LogP contribution is 2.55. The van der Waals surface area contributed by atoms with E-state index < -0.39 is 0 Å². The van der Waals surface area contributed by atoms with E-state index >= 15 is 0 Å². The number of nitrogens with one attached hydrogen (secondary N) is 1. The molecule has 0 aromatic heterocycles. The highest BCUT2D eigenvalue weighted by Gasteiger charge is 2.52. The van der Waals surface area contributed by atoms with E-state index in [1.807, 2.05) is 0 Å². The van der Waals surface area contributed by atoms with Gasteiger partial charge in [-0.1, -0.05) is 18.2 Å². The lowest BCUT2D eigenvalue weighted by Crippen LogP contribution is -2.49. The maximum absolute atomic E-state index is 12.7. The molecule has 1 N–H and O–H groups in total. The normalized spacial score (nSPS) is 34.4. The van der Waals surface area contributed by atoms with Gasteiger partial charge in [0.1, 0.15) is 0 Å². The maximum Gasteiger partial charge on any atom is 0.317 e. The number of benzene rings is 1. The summed E-state index contributed by atoms with van der Waals surface area (Å²) in [6, 6.07) is 11.2. The average Bonchev–Trinajstić information content (AvgIpc) is 3.36. The largest absolute Gasteiger partial charge is 0.371 e. The molecule has 25 heavy (non-hydrogen) atoms. The van der Waals surface area contributed by atoms with Crippen molar-refractivity contribution in [2.45, 2.75) is 38.1 Å². The van der Waals surface area contributed by atoms with Crippen LogP contribution >= 0.6 is 0 Å². The smallest absolute Gasteiger partial charge is 0.317 e. The summed E-state index contributed by atoms with van der Waals surface area (Å²) in [5.41, 5.74) is 1.30.